The lowest BCUT2D eigenvalue weighted by atomic mass is 9.75. The third-order valence-corrected chi connectivity index (χ3v) is 4.18. The van der Waals surface area contributed by atoms with Crippen molar-refractivity contribution < 1.29 is 0 Å². The summed E-state index contributed by atoms with van der Waals surface area (Å²) in [5, 5.41) is 17.8. The molecule has 5 nitrogen and oxygen atoms in total. The van der Waals surface area contributed by atoms with Crippen molar-refractivity contribution in [2.75, 3.05) is 5.32 Å². The predicted octanol–water partition coefficient (Wildman–Crippen LogP) is 3.25. The molecule has 1 fully saturated rings. The molecule has 0 spiro atoms. The lowest BCUT2D eigenvalue weighted by Gasteiger charge is -2.35. The summed E-state index contributed by atoms with van der Waals surface area (Å²) < 4.78 is 0. The molecule has 0 atom stereocenters. The first-order valence-corrected chi connectivity index (χ1v) is 7.23. The van der Waals surface area contributed by atoms with Crippen LogP contribution in [-0.2, 0) is 0 Å². The number of hydrogen-bond acceptors (Lipinski definition) is 4. The second-order valence-electron chi connectivity index (χ2n) is 6.40. The quantitative estimate of drug-likeness (QED) is 0.899. The van der Waals surface area contributed by atoms with Gasteiger partial charge in [0.25, 0.3) is 0 Å². The third kappa shape index (κ3) is 2.98. The highest BCUT2D eigenvalue weighted by atomic mass is 15.5. The first kappa shape index (κ1) is 13.1. The predicted molar refractivity (Wildman–Crippen MR) is 79.3 cm³/mol. The summed E-state index contributed by atoms with van der Waals surface area (Å²) in [7, 11) is 0. The molecule has 0 bridgehead atoms. The molecule has 5 heteroatoms. The molecule has 2 aromatic rings. The van der Waals surface area contributed by atoms with Gasteiger partial charge in [-0.3, -0.25) is 0 Å². The van der Waals surface area contributed by atoms with Gasteiger partial charge >= 0.3 is 0 Å². The Bertz CT molecular complexity index is 551. The van der Waals surface area contributed by atoms with Gasteiger partial charge in [-0.1, -0.05) is 26.0 Å². The Kier molecular flexibility index (Phi) is 3.42. The van der Waals surface area contributed by atoms with Gasteiger partial charge in [-0.25, -0.2) is 0 Å². The van der Waals surface area contributed by atoms with Crippen molar-refractivity contribution in [2.45, 2.75) is 45.6 Å². The molecule has 0 unspecified atom stereocenters. The normalized spacial score (nSPS) is 18.9. The van der Waals surface area contributed by atoms with Crippen molar-refractivity contribution in [3.63, 3.8) is 0 Å². The Hall–Kier alpha value is -1.91. The highest BCUT2D eigenvalue weighted by molar-refractivity contribution is 5.61. The van der Waals surface area contributed by atoms with E-state index in [9.17, 15) is 0 Å². The average Bonchev–Trinajstić information content (AvgIpc) is 2.96. The van der Waals surface area contributed by atoms with Gasteiger partial charge in [0, 0.05) is 17.3 Å². The van der Waals surface area contributed by atoms with Crippen LogP contribution < -0.4 is 5.32 Å². The molecule has 1 aliphatic rings. The fraction of sp³-hybridized carbons (Fsp3) is 0.533. The first-order chi connectivity index (χ1) is 9.62. The molecule has 1 aliphatic carbocycles. The summed E-state index contributed by atoms with van der Waals surface area (Å²) in [5.74, 6) is 0.637. The zero-order chi connectivity index (χ0) is 14.0. The number of tetrazole rings is 1. The largest absolute Gasteiger partial charge is 0.382 e. The minimum Gasteiger partial charge on any atom is -0.382 e. The highest BCUT2D eigenvalue weighted by Gasteiger charge is 2.26. The van der Waals surface area contributed by atoms with E-state index in [0.717, 1.165) is 11.3 Å². The Morgan fingerprint density at radius 2 is 2.05 bits per heavy atom. The zero-order valence-electron chi connectivity index (χ0n) is 12.1. The maximum absolute atomic E-state index is 4.02. The molecule has 0 radical (unpaired) electrons. The molecular formula is C15H21N5. The van der Waals surface area contributed by atoms with Crippen LogP contribution in [0.2, 0.25) is 0 Å². The summed E-state index contributed by atoms with van der Waals surface area (Å²) in [6.45, 7) is 4.72. The molecule has 20 heavy (non-hydrogen) atoms. The number of nitrogens with one attached hydrogen (secondary N) is 2. The summed E-state index contributed by atoms with van der Waals surface area (Å²) >= 11 is 0. The number of nitrogens with zero attached hydrogens (tertiary/aromatic N) is 3. The summed E-state index contributed by atoms with van der Waals surface area (Å²) in [4.78, 5) is 0. The van der Waals surface area contributed by atoms with Crippen molar-refractivity contribution in [1.29, 1.82) is 0 Å². The van der Waals surface area contributed by atoms with Gasteiger partial charge in [-0.05, 0) is 48.4 Å². The molecule has 1 aromatic heterocycles. The molecule has 2 N–H and O–H groups in total. The molecule has 1 saturated carbocycles. The second-order valence-corrected chi connectivity index (χ2v) is 6.40. The van der Waals surface area contributed by atoms with Crippen LogP contribution in [0.3, 0.4) is 0 Å². The van der Waals surface area contributed by atoms with Gasteiger partial charge in [0.2, 0.25) is 5.82 Å². The lowest BCUT2D eigenvalue weighted by molar-refractivity contribution is 0.232. The topological polar surface area (TPSA) is 66.5 Å². The maximum Gasteiger partial charge on any atom is 0.204 e. The first-order valence-electron chi connectivity index (χ1n) is 7.23. The van der Waals surface area contributed by atoms with Crippen molar-refractivity contribution in [1.82, 2.24) is 20.6 Å². The highest BCUT2D eigenvalue weighted by Crippen LogP contribution is 2.36. The van der Waals surface area contributed by atoms with E-state index in [0.29, 0.717) is 17.3 Å². The number of aromatic amines is 1. The fourth-order valence-corrected chi connectivity index (χ4v) is 2.81. The number of hydrogen-bond donors (Lipinski definition) is 2. The number of anilines is 1. The van der Waals surface area contributed by atoms with Gasteiger partial charge in [0.05, 0.1) is 0 Å². The van der Waals surface area contributed by atoms with Crippen LogP contribution in [0, 0.1) is 5.41 Å². The number of rotatable bonds is 3. The molecule has 0 aliphatic heterocycles. The smallest absolute Gasteiger partial charge is 0.204 e. The van der Waals surface area contributed by atoms with Crippen molar-refractivity contribution in [2.24, 2.45) is 5.41 Å². The SMILES string of the molecule is CC1(C)CCC(Nc2cccc(-c3nn[nH]n3)c2)CC1. The minimum atomic E-state index is 0.505. The van der Waals surface area contributed by atoms with E-state index in [1.165, 1.54) is 25.7 Å². The van der Waals surface area contributed by atoms with E-state index in [-0.39, 0.29) is 0 Å². The Morgan fingerprint density at radius 1 is 1.25 bits per heavy atom. The molecule has 106 valence electrons. The van der Waals surface area contributed by atoms with E-state index < -0.39 is 0 Å². The molecule has 0 amide bonds. The van der Waals surface area contributed by atoms with Crippen LogP contribution in [0.15, 0.2) is 24.3 Å². The lowest BCUT2D eigenvalue weighted by Crippen LogP contribution is -2.29. The van der Waals surface area contributed by atoms with Gasteiger partial charge < -0.3 is 5.32 Å². The number of benzene rings is 1. The Balaban J connectivity index is 1.68. The fourth-order valence-electron chi connectivity index (χ4n) is 2.81. The van der Waals surface area contributed by atoms with Crippen molar-refractivity contribution >= 4 is 5.69 Å². The summed E-state index contributed by atoms with van der Waals surface area (Å²) in [5.41, 5.74) is 2.63. The van der Waals surface area contributed by atoms with Crippen LogP contribution in [0.25, 0.3) is 11.4 Å². The van der Waals surface area contributed by atoms with Crippen LogP contribution in [0.5, 0.6) is 0 Å². The molecular weight excluding hydrogens is 250 g/mol. The van der Waals surface area contributed by atoms with E-state index in [1.807, 2.05) is 12.1 Å². The van der Waals surface area contributed by atoms with Gasteiger partial charge in [-0.15, -0.1) is 10.2 Å². The summed E-state index contributed by atoms with van der Waals surface area (Å²) in [6.07, 6.45) is 5.04. The van der Waals surface area contributed by atoms with Crippen molar-refractivity contribution in [3.05, 3.63) is 24.3 Å². The van der Waals surface area contributed by atoms with Gasteiger partial charge in [0.1, 0.15) is 0 Å². The zero-order valence-corrected chi connectivity index (χ0v) is 12.1. The third-order valence-electron chi connectivity index (χ3n) is 4.18. The summed E-state index contributed by atoms with van der Waals surface area (Å²) in [6, 6.07) is 8.79. The Labute approximate surface area is 119 Å². The number of H-pyrrole nitrogens is 1. The monoisotopic (exact) mass is 271 g/mol. The minimum absolute atomic E-state index is 0.505. The van der Waals surface area contributed by atoms with Gasteiger partial charge in [0.15, 0.2) is 0 Å². The molecule has 1 aromatic carbocycles. The van der Waals surface area contributed by atoms with Crippen LogP contribution in [0.4, 0.5) is 5.69 Å². The Morgan fingerprint density at radius 3 is 2.75 bits per heavy atom. The van der Waals surface area contributed by atoms with E-state index >= 15 is 0 Å². The van der Waals surface area contributed by atoms with E-state index in [1.54, 1.807) is 0 Å². The molecule has 0 saturated heterocycles. The van der Waals surface area contributed by atoms with Crippen LogP contribution in [-0.4, -0.2) is 26.7 Å². The second kappa shape index (κ2) is 5.23. The van der Waals surface area contributed by atoms with Crippen LogP contribution >= 0.6 is 0 Å². The molecule has 3 rings (SSSR count). The standard InChI is InChI=1S/C15H21N5/c1-15(2)8-6-12(7-9-15)16-13-5-3-4-11(10-13)14-17-19-20-18-14/h3-5,10,12,16H,6-9H2,1-2H3,(H,17,18,19,20). The van der Waals surface area contributed by atoms with Crippen LogP contribution in [0.1, 0.15) is 39.5 Å². The van der Waals surface area contributed by atoms with Gasteiger partial charge in [-0.2, -0.15) is 5.21 Å². The number of aromatic nitrogens is 4. The van der Waals surface area contributed by atoms with E-state index in [4.69, 9.17) is 0 Å². The maximum atomic E-state index is 4.02. The molecule has 1 heterocycles. The average molecular weight is 271 g/mol. The van der Waals surface area contributed by atoms with Crippen molar-refractivity contribution in [3.8, 4) is 11.4 Å². The van der Waals surface area contributed by atoms with E-state index in [2.05, 4.69) is 51.9 Å².